The lowest BCUT2D eigenvalue weighted by atomic mass is 9.99. The fourth-order valence-electron chi connectivity index (χ4n) is 3.19. The zero-order valence-electron chi connectivity index (χ0n) is 12.2. The summed E-state index contributed by atoms with van der Waals surface area (Å²) in [5.74, 6) is 0. The smallest absolute Gasteiger partial charge is 0.295 e. The van der Waals surface area contributed by atoms with Crippen LogP contribution in [-0.2, 0) is 10.1 Å². The predicted octanol–water partition coefficient (Wildman–Crippen LogP) is 2.77. The van der Waals surface area contributed by atoms with Gasteiger partial charge < -0.3 is 11.1 Å². The third kappa shape index (κ3) is 2.95. The molecule has 0 bridgehead atoms. The molecule has 2 aromatic carbocycles. The molecule has 1 aliphatic carbocycles. The van der Waals surface area contributed by atoms with E-state index >= 15 is 0 Å². The minimum Gasteiger partial charge on any atom is -0.383 e. The number of nitrogens with two attached hydrogens (primary N) is 1. The summed E-state index contributed by atoms with van der Waals surface area (Å²) >= 11 is 0. The molecule has 22 heavy (non-hydrogen) atoms. The topological polar surface area (TPSA) is 92.4 Å². The number of fused-ring (bicyclic) bond motifs is 1. The second-order valence-electron chi connectivity index (χ2n) is 6.05. The summed E-state index contributed by atoms with van der Waals surface area (Å²) in [5, 5.41) is 4.62. The summed E-state index contributed by atoms with van der Waals surface area (Å²) in [4.78, 5) is -0.0722. The van der Waals surface area contributed by atoms with Crippen molar-refractivity contribution in [2.24, 2.45) is 5.73 Å². The summed E-state index contributed by atoms with van der Waals surface area (Å²) < 4.78 is 32.3. The van der Waals surface area contributed by atoms with Gasteiger partial charge in [-0.15, -0.1) is 0 Å². The Morgan fingerprint density at radius 3 is 2.41 bits per heavy atom. The van der Waals surface area contributed by atoms with E-state index in [0.717, 1.165) is 36.8 Å². The Kier molecular flexibility index (Phi) is 3.84. The summed E-state index contributed by atoms with van der Waals surface area (Å²) in [6, 6.07) is 10.2. The van der Waals surface area contributed by atoms with Crippen LogP contribution in [0, 0.1) is 0 Å². The van der Waals surface area contributed by atoms with E-state index < -0.39 is 10.1 Å². The molecular formula is C16H20N2O3S. The summed E-state index contributed by atoms with van der Waals surface area (Å²) in [5.41, 5.74) is 6.99. The highest BCUT2D eigenvalue weighted by molar-refractivity contribution is 7.86. The van der Waals surface area contributed by atoms with Crippen molar-refractivity contribution in [2.75, 3.05) is 11.9 Å². The van der Waals surface area contributed by atoms with E-state index in [9.17, 15) is 13.0 Å². The molecule has 0 amide bonds. The van der Waals surface area contributed by atoms with Gasteiger partial charge in [0.25, 0.3) is 10.1 Å². The fourth-order valence-corrected chi connectivity index (χ4v) is 3.89. The highest BCUT2D eigenvalue weighted by atomic mass is 32.2. The predicted molar refractivity (Wildman–Crippen MR) is 87.6 cm³/mol. The number of hydrogen-bond acceptors (Lipinski definition) is 4. The summed E-state index contributed by atoms with van der Waals surface area (Å²) in [7, 11) is -4.24. The van der Waals surface area contributed by atoms with E-state index in [1.807, 2.05) is 12.1 Å². The van der Waals surface area contributed by atoms with Gasteiger partial charge in [-0.25, -0.2) is 0 Å². The Balaban J connectivity index is 1.97. The van der Waals surface area contributed by atoms with E-state index in [4.69, 9.17) is 5.73 Å². The third-order valence-electron chi connectivity index (χ3n) is 4.39. The molecule has 6 heteroatoms. The first-order valence-corrected chi connectivity index (χ1v) is 8.85. The normalized spacial score (nSPS) is 17.7. The van der Waals surface area contributed by atoms with Crippen LogP contribution in [0.4, 0.5) is 5.69 Å². The molecule has 4 N–H and O–H groups in total. The largest absolute Gasteiger partial charge is 0.383 e. The van der Waals surface area contributed by atoms with Crippen molar-refractivity contribution < 1.29 is 13.0 Å². The van der Waals surface area contributed by atoms with Crippen LogP contribution in [0.1, 0.15) is 25.7 Å². The maximum absolute atomic E-state index is 11.5. The zero-order valence-corrected chi connectivity index (χ0v) is 13.1. The number of benzene rings is 2. The third-order valence-corrected chi connectivity index (χ3v) is 5.30. The Hall–Kier alpha value is -1.63. The van der Waals surface area contributed by atoms with Gasteiger partial charge >= 0.3 is 0 Å². The molecule has 1 fully saturated rings. The molecule has 0 spiro atoms. The fraction of sp³-hybridized carbons (Fsp3) is 0.375. The lowest BCUT2D eigenvalue weighted by Crippen LogP contribution is -2.43. The van der Waals surface area contributed by atoms with Crippen LogP contribution < -0.4 is 11.1 Å². The van der Waals surface area contributed by atoms with Crippen LogP contribution >= 0.6 is 0 Å². The highest BCUT2D eigenvalue weighted by Gasteiger charge is 2.29. The maximum Gasteiger partial charge on any atom is 0.295 e. The molecule has 0 unspecified atom stereocenters. The first kappa shape index (κ1) is 15.3. The molecule has 2 aromatic rings. The standard InChI is InChI=1S/C16H20N2O3S/c17-16(9-1-2-10-16)11-18-14-7-3-6-13-12(14)5-4-8-15(13)22(19,20)21/h3-8,18H,1-2,9-11,17H2,(H,19,20,21). The summed E-state index contributed by atoms with van der Waals surface area (Å²) in [6.07, 6.45) is 4.31. The average molecular weight is 320 g/mol. The summed E-state index contributed by atoms with van der Waals surface area (Å²) in [6.45, 7) is 0.655. The minimum atomic E-state index is -4.24. The van der Waals surface area contributed by atoms with Crippen molar-refractivity contribution in [1.29, 1.82) is 0 Å². The van der Waals surface area contributed by atoms with Crippen LogP contribution in [0.2, 0.25) is 0 Å². The maximum atomic E-state index is 11.5. The van der Waals surface area contributed by atoms with E-state index in [2.05, 4.69) is 5.32 Å². The van der Waals surface area contributed by atoms with Gasteiger partial charge in [0.1, 0.15) is 4.90 Å². The van der Waals surface area contributed by atoms with Crippen molar-refractivity contribution >= 4 is 26.6 Å². The van der Waals surface area contributed by atoms with E-state index in [0.29, 0.717) is 11.9 Å². The lowest BCUT2D eigenvalue weighted by molar-refractivity contribution is 0.464. The number of nitrogens with one attached hydrogen (secondary N) is 1. The molecule has 3 rings (SSSR count). The molecule has 0 aromatic heterocycles. The monoisotopic (exact) mass is 320 g/mol. The van der Waals surface area contributed by atoms with Gasteiger partial charge in [0.05, 0.1) is 0 Å². The Morgan fingerprint density at radius 1 is 1.09 bits per heavy atom. The van der Waals surface area contributed by atoms with Crippen LogP contribution in [-0.4, -0.2) is 25.1 Å². The van der Waals surface area contributed by atoms with Gasteiger partial charge in [0, 0.05) is 28.5 Å². The van der Waals surface area contributed by atoms with Crippen molar-refractivity contribution in [3.63, 3.8) is 0 Å². The van der Waals surface area contributed by atoms with Crippen LogP contribution in [0.15, 0.2) is 41.3 Å². The molecule has 0 heterocycles. The van der Waals surface area contributed by atoms with E-state index in [1.54, 1.807) is 18.2 Å². The quantitative estimate of drug-likeness (QED) is 0.753. The van der Waals surface area contributed by atoms with Crippen molar-refractivity contribution in [1.82, 2.24) is 0 Å². The average Bonchev–Trinajstić information content (AvgIpc) is 2.90. The van der Waals surface area contributed by atoms with Crippen LogP contribution in [0.5, 0.6) is 0 Å². The van der Waals surface area contributed by atoms with Crippen molar-refractivity contribution in [2.45, 2.75) is 36.1 Å². The highest BCUT2D eigenvalue weighted by Crippen LogP contribution is 2.31. The molecule has 5 nitrogen and oxygen atoms in total. The molecule has 118 valence electrons. The molecule has 1 saturated carbocycles. The molecule has 0 saturated heterocycles. The lowest BCUT2D eigenvalue weighted by Gasteiger charge is -2.25. The van der Waals surface area contributed by atoms with Gasteiger partial charge in [-0.3, -0.25) is 4.55 Å². The molecule has 1 aliphatic rings. The van der Waals surface area contributed by atoms with Gasteiger partial charge in [-0.1, -0.05) is 37.1 Å². The van der Waals surface area contributed by atoms with Crippen molar-refractivity contribution in [3.05, 3.63) is 36.4 Å². The molecule has 0 radical (unpaired) electrons. The second-order valence-corrected chi connectivity index (χ2v) is 7.44. The van der Waals surface area contributed by atoms with Crippen LogP contribution in [0.3, 0.4) is 0 Å². The Bertz CT molecular complexity index is 796. The van der Waals surface area contributed by atoms with Gasteiger partial charge in [0.2, 0.25) is 0 Å². The molecule has 0 aliphatic heterocycles. The Morgan fingerprint density at radius 2 is 1.73 bits per heavy atom. The number of hydrogen-bond donors (Lipinski definition) is 3. The minimum absolute atomic E-state index is 0.0722. The van der Waals surface area contributed by atoms with Gasteiger partial charge in [-0.05, 0) is 25.0 Å². The van der Waals surface area contributed by atoms with Crippen LogP contribution in [0.25, 0.3) is 10.8 Å². The van der Waals surface area contributed by atoms with E-state index in [-0.39, 0.29) is 10.4 Å². The Labute approximate surface area is 130 Å². The van der Waals surface area contributed by atoms with Crippen molar-refractivity contribution in [3.8, 4) is 0 Å². The first-order valence-electron chi connectivity index (χ1n) is 7.41. The SMILES string of the molecule is NC1(CNc2cccc3c(S(=O)(=O)O)cccc23)CCCC1. The first-order chi connectivity index (χ1) is 10.4. The molecular weight excluding hydrogens is 300 g/mol. The van der Waals surface area contributed by atoms with Gasteiger partial charge in [0.15, 0.2) is 0 Å². The second kappa shape index (κ2) is 5.53. The number of anilines is 1. The zero-order chi connectivity index (χ0) is 15.8. The van der Waals surface area contributed by atoms with E-state index in [1.165, 1.54) is 6.07 Å². The van der Waals surface area contributed by atoms with Gasteiger partial charge in [-0.2, -0.15) is 8.42 Å². The molecule has 0 atom stereocenters. The number of rotatable bonds is 4.